The third-order valence-corrected chi connectivity index (χ3v) is 6.14. The number of anilines is 2. The van der Waals surface area contributed by atoms with Crippen LogP contribution in [0.4, 0.5) is 11.8 Å². The van der Waals surface area contributed by atoms with Crippen LogP contribution < -0.4 is 5.32 Å². The number of carbonyl (C=O) groups is 1. The standard InChI is InChI=1S/C21H19ClN6OS/c1-12-8-18(27-26-12)24-21-25-19(10-15-11-23-20(22)28(15)21)30-16-6-2-13(3-7-16)9-17(29)14-4-5-14/h2-3,6-8,10-11,14H,4-5,9H2,1H3,(H2,24,25,26,27). The molecule has 30 heavy (non-hydrogen) atoms. The predicted octanol–water partition coefficient (Wildman–Crippen LogP) is 4.83. The van der Waals surface area contributed by atoms with Crippen molar-refractivity contribution in [2.75, 3.05) is 5.32 Å². The Kier molecular flexibility index (Phi) is 4.96. The number of H-pyrrole nitrogens is 1. The molecular weight excluding hydrogens is 420 g/mol. The van der Waals surface area contributed by atoms with Gasteiger partial charge in [-0.3, -0.25) is 14.3 Å². The number of aryl methyl sites for hydroxylation is 1. The van der Waals surface area contributed by atoms with Crippen LogP contribution in [-0.4, -0.2) is 30.3 Å². The van der Waals surface area contributed by atoms with E-state index in [1.165, 1.54) is 11.8 Å². The third-order valence-electron chi connectivity index (χ3n) is 4.95. The number of carbonyl (C=O) groups excluding carboxylic acids is 1. The molecule has 1 aliphatic rings. The maximum Gasteiger partial charge on any atom is 0.216 e. The van der Waals surface area contributed by atoms with Crippen molar-refractivity contribution in [3.8, 4) is 0 Å². The second kappa shape index (κ2) is 7.77. The molecule has 1 aromatic carbocycles. The highest BCUT2D eigenvalue weighted by molar-refractivity contribution is 7.99. The van der Waals surface area contributed by atoms with Crippen molar-refractivity contribution in [1.82, 2.24) is 24.6 Å². The second-order valence-electron chi connectivity index (χ2n) is 7.43. The number of aromatic nitrogens is 5. The summed E-state index contributed by atoms with van der Waals surface area (Å²) in [6.45, 7) is 1.93. The monoisotopic (exact) mass is 438 g/mol. The summed E-state index contributed by atoms with van der Waals surface area (Å²) >= 11 is 7.80. The molecule has 0 atom stereocenters. The number of fused-ring (bicyclic) bond motifs is 1. The van der Waals surface area contributed by atoms with E-state index in [2.05, 4.69) is 20.5 Å². The molecule has 3 aromatic heterocycles. The van der Waals surface area contributed by atoms with Gasteiger partial charge < -0.3 is 5.32 Å². The van der Waals surface area contributed by atoms with Crippen molar-refractivity contribution in [2.45, 2.75) is 36.1 Å². The summed E-state index contributed by atoms with van der Waals surface area (Å²) in [4.78, 5) is 22.0. The maximum atomic E-state index is 12.0. The molecule has 2 N–H and O–H groups in total. The van der Waals surface area contributed by atoms with E-state index >= 15 is 0 Å². The van der Waals surface area contributed by atoms with Gasteiger partial charge >= 0.3 is 0 Å². The lowest BCUT2D eigenvalue weighted by molar-refractivity contribution is -0.119. The summed E-state index contributed by atoms with van der Waals surface area (Å²) in [7, 11) is 0. The average Bonchev–Trinajstić information content (AvgIpc) is 3.41. The number of halogens is 1. The van der Waals surface area contributed by atoms with Gasteiger partial charge in [0.15, 0.2) is 5.82 Å². The Bertz CT molecular complexity index is 1230. The van der Waals surface area contributed by atoms with E-state index in [4.69, 9.17) is 16.6 Å². The fourth-order valence-electron chi connectivity index (χ4n) is 3.25. The Labute approximate surface area is 182 Å². The molecule has 0 amide bonds. The van der Waals surface area contributed by atoms with Crippen LogP contribution in [0.15, 0.2) is 52.5 Å². The van der Waals surface area contributed by atoms with E-state index in [1.54, 1.807) is 10.6 Å². The molecular formula is C21H19ClN6OS. The lowest BCUT2D eigenvalue weighted by atomic mass is 10.1. The van der Waals surface area contributed by atoms with Crippen LogP contribution in [0.3, 0.4) is 0 Å². The van der Waals surface area contributed by atoms with Gasteiger partial charge in [0.25, 0.3) is 0 Å². The first-order chi connectivity index (χ1) is 14.5. The number of hydrogen-bond acceptors (Lipinski definition) is 6. The molecule has 1 aliphatic carbocycles. The van der Waals surface area contributed by atoms with Gasteiger partial charge in [-0.2, -0.15) is 5.10 Å². The summed E-state index contributed by atoms with van der Waals surface area (Å²) in [5, 5.41) is 11.4. The highest BCUT2D eigenvalue weighted by Gasteiger charge is 2.29. The summed E-state index contributed by atoms with van der Waals surface area (Å²) in [5.74, 6) is 1.83. The fourth-order valence-corrected chi connectivity index (χ4v) is 4.30. The maximum absolute atomic E-state index is 12.0. The summed E-state index contributed by atoms with van der Waals surface area (Å²) in [6, 6.07) is 11.9. The van der Waals surface area contributed by atoms with Crippen molar-refractivity contribution >= 4 is 46.4 Å². The summed E-state index contributed by atoms with van der Waals surface area (Å²) in [5.41, 5.74) is 2.83. The van der Waals surface area contributed by atoms with Crippen LogP contribution in [0.25, 0.3) is 5.52 Å². The van der Waals surface area contributed by atoms with Crippen LogP contribution >= 0.6 is 23.4 Å². The number of benzene rings is 1. The molecule has 0 radical (unpaired) electrons. The van der Waals surface area contributed by atoms with Gasteiger partial charge in [0.05, 0.1) is 11.7 Å². The zero-order valence-corrected chi connectivity index (χ0v) is 17.8. The number of ketones is 1. The van der Waals surface area contributed by atoms with Crippen molar-refractivity contribution in [2.24, 2.45) is 5.92 Å². The summed E-state index contributed by atoms with van der Waals surface area (Å²) < 4.78 is 1.74. The first-order valence-corrected chi connectivity index (χ1v) is 10.9. The number of nitrogens with zero attached hydrogens (tertiary/aromatic N) is 4. The van der Waals surface area contributed by atoms with Crippen LogP contribution in [-0.2, 0) is 11.2 Å². The van der Waals surface area contributed by atoms with Crippen molar-refractivity contribution < 1.29 is 4.79 Å². The van der Waals surface area contributed by atoms with E-state index < -0.39 is 0 Å². The van der Waals surface area contributed by atoms with Gasteiger partial charge in [-0.05, 0) is 55.1 Å². The minimum absolute atomic E-state index is 0.293. The van der Waals surface area contributed by atoms with E-state index in [1.807, 2.05) is 43.3 Å². The van der Waals surface area contributed by atoms with Gasteiger partial charge in [0, 0.05) is 29.0 Å². The molecule has 9 heteroatoms. The summed E-state index contributed by atoms with van der Waals surface area (Å²) in [6.07, 6.45) is 4.33. The van der Waals surface area contributed by atoms with Gasteiger partial charge in [-0.15, -0.1) is 0 Å². The average molecular weight is 439 g/mol. The fraction of sp³-hybridized carbons (Fsp3) is 0.238. The van der Waals surface area contributed by atoms with E-state index in [0.29, 0.717) is 35.2 Å². The van der Waals surface area contributed by atoms with Gasteiger partial charge in [-0.1, -0.05) is 23.9 Å². The number of rotatable bonds is 7. The molecule has 0 bridgehead atoms. The minimum atomic E-state index is 0.293. The molecule has 0 saturated heterocycles. The molecule has 152 valence electrons. The van der Waals surface area contributed by atoms with Crippen LogP contribution in [0.5, 0.6) is 0 Å². The predicted molar refractivity (Wildman–Crippen MR) is 117 cm³/mol. The lowest BCUT2D eigenvalue weighted by Gasteiger charge is -2.09. The van der Waals surface area contributed by atoms with Crippen molar-refractivity contribution in [3.63, 3.8) is 0 Å². The minimum Gasteiger partial charge on any atom is -0.308 e. The number of imidazole rings is 1. The van der Waals surface area contributed by atoms with E-state index in [-0.39, 0.29) is 0 Å². The lowest BCUT2D eigenvalue weighted by Crippen LogP contribution is -2.04. The van der Waals surface area contributed by atoms with Crippen molar-refractivity contribution in [3.05, 3.63) is 59.1 Å². The van der Waals surface area contributed by atoms with Crippen LogP contribution in [0, 0.1) is 12.8 Å². The first-order valence-electron chi connectivity index (χ1n) is 9.68. The zero-order valence-electron chi connectivity index (χ0n) is 16.2. The largest absolute Gasteiger partial charge is 0.308 e. The molecule has 1 fully saturated rings. The molecule has 0 aliphatic heterocycles. The molecule has 4 aromatic rings. The number of Topliss-reactive ketones (excluding diaryl/α,β-unsaturated/α-hetero) is 1. The Morgan fingerprint density at radius 2 is 2.10 bits per heavy atom. The highest BCUT2D eigenvalue weighted by atomic mass is 35.5. The van der Waals surface area contributed by atoms with Gasteiger partial charge in [0.2, 0.25) is 11.2 Å². The second-order valence-corrected chi connectivity index (χ2v) is 8.86. The normalized spacial score (nSPS) is 13.7. The van der Waals surface area contributed by atoms with Crippen LogP contribution in [0.1, 0.15) is 24.1 Å². The molecule has 0 unspecified atom stereocenters. The van der Waals surface area contributed by atoms with Crippen LogP contribution in [0.2, 0.25) is 5.28 Å². The number of nitrogens with one attached hydrogen (secondary N) is 2. The molecule has 1 saturated carbocycles. The zero-order chi connectivity index (χ0) is 20.7. The SMILES string of the molecule is Cc1cc(Nc2nc(Sc3ccc(CC(=O)C4CC4)cc3)cc3cnc(Cl)n23)n[nH]1. The Morgan fingerprint density at radius 1 is 1.30 bits per heavy atom. The Morgan fingerprint density at radius 3 is 2.80 bits per heavy atom. The Hall–Kier alpha value is -2.84. The number of hydrogen-bond donors (Lipinski definition) is 2. The van der Waals surface area contributed by atoms with Crippen molar-refractivity contribution in [1.29, 1.82) is 0 Å². The molecule has 7 nitrogen and oxygen atoms in total. The highest BCUT2D eigenvalue weighted by Crippen LogP contribution is 2.32. The smallest absolute Gasteiger partial charge is 0.216 e. The third kappa shape index (κ3) is 4.06. The molecule has 3 heterocycles. The van der Waals surface area contributed by atoms with E-state index in [0.717, 1.165) is 39.5 Å². The van der Waals surface area contributed by atoms with Gasteiger partial charge in [0.1, 0.15) is 10.8 Å². The topological polar surface area (TPSA) is 88.0 Å². The van der Waals surface area contributed by atoms with Gasteiger partial charge in [-0.25, -0.2) is 9.97 Å². The van der Waals surface area contributed by atoms with E-state index in [9.17, 15) is 4.79 Å². The number of aromatic amines is 1. The first kappa shape index (κ1) is 19.1. The molecule has 0 spiro atoms. The molecule has 5 rings (SSSR count). The quantitative estimate of drug-likeness (QED) is 0.402. The Balaban J connectivity index is 1.39.